The highest BCUT2D eigenvalue weighted by Gasteiger charge is 2.49. The first-order valence-electron chi connectivity index (χ1n) is 28.7. The van der Waals surface area contributed by atoms with Gasteiger partial charge < -0.3 is 29.5 Å². The van der Waals surface area contributed by atoms with Crippen molar-refractivity contribution in [2.24, 2.45) is 5.41 Å². The van der Waals surface area contributed by atoms with Crippen molar-refractivity contribution in [3.8, 4) is 0 Å². The molecule has 4 heterocycles. The van der Waals surface area contributed by atoms with E-state index in [0.717, 1.165) is 101 Å². The second-order valence-electron chi connectivity index (χ2n) is 23.7. The molecule has 0 spiro atoms. The van der Waals surface area contributed by atoms with Crippen LogP contribution in [0.1, 0.15) is 84.6 Å². The maximum Gasteiger partial charge on any atom is 0.501 e. The third kappa shape index (κ3) is 17.7. The summed E-state index contributed by atoms with van der Waals surface area (Å²) in [7, 11) is -10.6. The Balaban J connectivity index is 0.915. The molecule has 5 aliphatic rings. The summed E-state index contributed by atoms with van der Waals surface area (Å²) in [4.78, 5) is 25.6. The molecule has 3 aromatic carbocycles. The monoisotopic (exact) mass is 1200 g/mol. The van der Waals surface area contributed by atoms with E-state index < -0.39 is 53.0 Å². The number of carbonyl (C=O) groups excluding carboxylic acids is 1. The Kier molecular flexibility index (Phi) is 21.9. The van der Waals surface area contributed by atoms with Gasteiger partial charge in [0.15, 0.2) is 0 Å². The van der Waals surface area contributed by atoms with Gasteiger partial charge in [0.25, 0.3) is 9.84 Å². The number of likely N-dealkylation sites (tertiary alicyclic amines) is 1. The molecule has 8 rings (SSSR count). The molecular weight excluding hydrogens is 1120 g/mol. The van der Waals surface area contributed by atoms with Crippen molar-refractivity contribution < 1.29 is 44.3 Å². The van der Waals surface area contributed by atoms with E-state index in [1.165, 1.54) is 29.0 Å². The fraction of sp³-hybridized carbons (Fsp3) is 0.610. The normalized spacial score (nSPS) is 22.3. The second kappa shape index (κ2) is 28.0. The lowest BCUT2D eigenvalue weighted by molar-refractivity contribution is -0.0436. The van der Waals surface area contributed by atoms with E-state index in [1.54, 1.807) is 6.08 Å². The van der Waals surface area contributed by atoms with Crippen LogP contribution >= 0.6 is 23.4 Å². The number of rotatable bonds is 21. The number of piperidine rings is 1. The quantitative estimate of drug-likeness (QED) is 0.0771. The number of thioether (sulfide) groups is 1. The van der Waals surface area contributed by atoms with E-state index in [2.05, 4.69) is 55.3 Å². The molecule has 0 aromatic heterocycles. The van der Waals surface area contributed by atoms with E-state index in [-0.39, 0.29) is 23.6 Å². The number of piperazine rings is 2. The number of carbonyl (C=O) groups is 1. The Morgan fingerprint density at radius 2 is 1.57 bits per heavy atom. The fourth-order valence-electron chi connectivity index (χ4n) is 12.0. The van der Waals surface area contributed by atoms with Crippen molar-refractivity contribution in [3.63, 3.8) is 0 Å². The average Bonchev–Trinajstić information content (AvgIpc) is 3.83. The van der Waals surface area contributed by atoms with Gasteiger partial charge in [0.2, 0.25) is 10.0 Å². The zero-order chi connectivity index (χ0) is 58.0. The highest BCUT2D eigenvalue weighted by atomic mass is 35.5. The van der Waals surface area contributed by atoms with Crippen molar-refractivity contribution in [1.29, 1.82) is 0 Å². The highest BCUT2D eigenvalue weighted by Crippen LogP contribution is 2.44. The lowest BCUT2D eigenvalue weighted by Crippen LogP contribution is -2.56. The minimum Gasteiger partial charge on any atom is -0.444 e. The summed E-state index contributed by atoms with van der Waals surface area (Å²) >= 11 is 7.87. The van der Waals surface area contributed by atoms with Crippen LogP contribution in [-0.2, 0) is 29.3 Å². The van der Waals surface area contributed by atoms with Gasteiger partial charge in [0.1, 0.15) is 10.5 Å². The number of benzene rings is 3. The standard InChI is InChI=1S/C59H84ClF3N8O7S3/c1-6-11-55(65-81(75,76)51-18-19-53(54(40-51)80(73,74)59(61,62)63)64-48(43-79-50-12-8-7-9-13-50)21-26-66-25-10-38-77-39-37-66)70-35-29-67(30-36-70)42-46-41-58(5,24-20-52(46)45-14-16-47(60)17-15-45)44-68-31-33-69(34-32-68)49-22-27-71(28-23-49)56(72)78-57(2,3)4/h6-9,12-19,40,48-49,55,64-65H,1,10-11,20-39,41-44H2,2-5H3/t48?,55?,58-/m1/s1. The van der Waals surface area contributed by atoms with Gasteiger partial charge in [-0.25, -0.2) is 21.6 Å². The molecule has 4 aliphatic heterocycles. The number of sulfonamides is 1. The molecule has 0 bridgehead atoms. The summed E-state index contributed by atoms with van der Waals surface area (Å²) < 4.78 is 113. The van der Waals surface area contributed by atoms with E-state index in [9.17, 15) is 34.8 Å². The maximum atomic E-state index is 14.5. The van der Waals surface area contributed by atoms with E-state index >= 15 is 0 Å². The third-order valence-electron chi connectivity index (χ3n) is 16.3. The molecule has 22 heteroatoms. The number of nitrogens with zero attached hydrogens (tertiary/aromatic N) is 6. The maximum absolute atomic E-state index is 14.5. The van der Waals surface area contributed by atoms with Crippen LogP contribution < -0.4 is 10.0 Å². The molecule has 2 N–H and O–H groups in total. The Morgan fingerprint density at radius 3 is 2.23 bits per heavy atom. The van der Waals surface area contributed by atoms with Crippen molar-refractivity contribution in [2.75, 3.05) is 122 Å². The van der Waals surface area contributed by atoms with Crippen LogP contribution in [0.3, 0.4) is 0 Å². The van der Waals surface area contributed by atoms with Gasteiger partial charge in [-0.15, -0.1) is 18.3 Å². The van der Waals surface area contributed by atoms with Crippen molar-refractivity contribution >= 4 is 60.6 Å². The summed E-state index contributed by atoms with van der Waals surface area (Å²) in [5, 5.41) is 3.79. The molecule has 2 unspecified atom stereocenters. The molecule has 81 heavy (non-hydrogen) atoms. The number of ether oxygens (including phenoxy) is 2. The number of nitrogens with one attached hydrogen (secondary N) is 2. The number of allylic oxidation sites excluding steroid dienone is 1. The van der Waals surface area contributed by atoms with E-state index in [0.29, 0.717) is 94.9 Å². The van der Waals surface area contributed by atoms with Crippen molar-refractivity contribution in [1.82, 2.24) is 34.1 Å². The first-order valence-corrected chi connectivity index (χ1v) is 33.0. The molecule has 1 aliphatic carbocycles. The Bertz CT molecular complexity index is 2820. The molecule has 15 nitrogen and oxygen atoms in total. The summed E-state index contributed by atoms with van der Waals surface area (Å²) in [6.07, 6.45) is 6.87. The minimum absolute atomic E-state index is 0.0423. The number of sulfone groups is 1. The summed E-state index contributed by atoms with van der Waals surface area (Å²) in [5.41, 5.74) is -2.60. The number of alkyl halides is 3. The number of halogens is 4. The Labute approximate surface area is 488 Å². The zero-order valence-corrected chi connectivity index (χ0v) is 50.8. The number of hydrogen-bond acceptors (Lipinski definition) is 14. The van der Waals surface area contributed by atoms with Crippen molar-refractivity contribution in [2.45, 2.75) is 123 Å². The largest absolute Gasteiger partial charge is 0.501 e. The van der Waals surface area contributed by atoms with E-state index in [4.69, 9.17) is 21.1 Å². The van der Waals surface area contributed by atoms with E-state index in [1.807, 2.05) is 73.0 Å². The molecule has 0 saturated carbocycles. The van der Waals surface area contributed by atoms with Crippen LogP contribution in [0.25, 0.3) is 5.57 Å². The number of hydrogen-bond donors (Lipinski definition) is 2. The van der Waals surface area contributed by atoms with Gasteiger partial charge in [-0.2, -0.15) is 17.9 Å². The average molecular weight is 1210 g/mol. The SMILES string of the molecule is C=CCC(NS(=O)(=O)c1ccc(NC(CCN2CCCOCC2)CSc2ccccc2)c(S(=O)(=O)C(F)(F)F)c1)N1CCN(CC2=C(c3ccc(Cl)cc3)CC[C@@](C)(CN3CCN(C4CCN(C(=O)OC(C)(C)C)CC4)CC3)C2)CC1. The molecule has 3 aromatic rings. The summed E-state index contributed by atoms with van der Waals surface area (Å²) in [6, 6.07) is 20.5. The van der Waals surface area contributed by atoms with Crippen LogP contribution in [0.2, 0.25) is 5.02 Å². The number of anilines is 1. The summed E-state index contributed by atoms with van der Waals surface area (Å²) in [6.45, 7) is 24.7. The van der Waals surface area contributed by atoms with Crippen LogP contribution in [0.4, 0.5) is 23.7 Å². The van der Waals surface area contributed by atoms with Gasteiger partial charge in [0.05, 0.1) is 23.4 Å². The van der Waals surface area contributed by atoms with Crippen LogP contribution in [-0.4, -0.2) is 199 Å². The molecule has 3 atom stereocenters. The van der Waals surface area contributed by atoms with Gasteiger partial charge in [-0.3, -0.25) is 14.7 Å². The smallest absolute Gasteiger partial charge is 0.444 e. The Hall–Kier alpha value is -3.74. The molecular formula is C59H84ClF3N8O7S3. The second-order valence-corrected chi connectivity index (χ2v) is 28.9. The van der Waals surface area contributed by atoms with Crippen LogP contribution in [0.15, 0.2) is 106 Å². The molecule has 448 valence electrons. The molecule has 4 saturated heterocycles. The highest BCUT2D eigenvalue weighted by molar-refractivity contribution is 7.99. The Morgan fingerprint density at radius 1 is 0.877 bits per heavy atom. The van der Waals surface area contributed by atoms with Crippen LogP contribution in [0.5, 0.6) is 0 Å². The lowest BCUT2D eigenvalue weighted by atomic mass is 9.71. The lowest BCUT2D eigenvalue weighted by Gasteiger charge is -2.46. The van der Waals surface area contributed by atoms with Gasteiger partial charge in [-0.1, -0.05) is 60.5 Å². The fourth-order valence-corrected chi connectivity index (χ4v) is 15.4. The van der Waals surface area contributed by atoms with Gasteiger partial charge >= 0.3 is 11.6 Å². The minimum atomic E-state index is -6.02. The van der Waals surface area contributed by atoms with Gasteiger partial charge in [-0.05, 0) is 131 Å². The zero-order valence-electron chi connectivity index (χ0n) is 47.6. The topological polar surface area (TPSA) is 147 Å². The number of amides is 1. The molecule has 0 radical (unpaired) electrons. The van der Waals surface area contributed by atoms with Gasteiger partial charge in [0, 0.05) is 133 Å². The first-order chi connectivity index (χ1) is 38.5. The first kappa shape index (κ1) is 63.3. The van der Waals surface area contributed by atoms with Crippen LogP contribution in [0, 0.1) is 5.41 Å². The predicted molar refractivity (Wildman–Crippen MR) is 317 cm³/mol. The third-order valence-corrected chi connectivity index (χ3v) is 20.8. The molecule has 4 fully saturated rings. The predicted octanol–water partition coefficient (Wildman–Crippen LogP) is 9.78. The summed E-state index contributed by atoms with van der Waals surface area (Å²) in [5.74, 6) is 0.402. The van der Waals surface area contributed by atoms with Crippen molar-refractivity contribution in [3.05, 3.63) is 102 Å². The molecule has 1 amide bonds.